The molecule has 0 radical (unpaired) electrons. The summed E-state index contributed by atoms with van der Waals surface area (Å²) in [6.07, 6.45) is 2.46. The molecule has 0 aliphatic carbocycles. The van der Waals surface area contributed by atoms with Crippen molar-refractivity contribution in [3.63, 3.8) is 0 Å². The molecule has 0 saturated carbocycles. The number of amides is 3. The number of rotatable bonds is 7. The number of methoxy groups -OCH3 is 1. The van der Waals surface area contributed by atoms with Gasteiger partial charge in [-0.1, -0.05) is 26.0 Å². The van der Waals surface area contributed by atoms with Crippen LogP contribution in [0.2, 0.25) is 0 Å². The zero-order valence-corrected chi connectivity index (χ0v) is 16.9. The molecular weight excluding hydrogens is 356 g/mol. The molecule has 1 fully saturated rings. The summed E-state index contributed by atoms with van der Waals surface area (Å²) in [5.74, 6) is 1.01. The average Bonchev–Trinajstić information content (AvgIpc) is 2.71. The van der Waals surface area contributed by atoms with Crippen molar-refractivity contribution in [2.24, 2.45) is 5.92 Å². The van der Waals surface area contributed by atoms with Crippen molar-refractivity contribution >= 4 is 11.9 Å². The summed E-state index contributed by atoms with van der Waals surface area (Å²) < 4.78 is 5.21. The number of nitriles is 1. The third-order valence-corrected chi connectivity index (χ3v) is 4.96. The van der Waals surface area contributed by atoms with Gasteiger partial charge in [0.1, 0.15) is 18.3 Å². The fraction of sp³-hybridized carbons (Fsp3) is 0.571. The Kier molecular flexibility index (Phi) is 8.12. The van der Waals surface area contributed by atoms with Crippen LogP contribution in [0.5, 0.6) is 5.75 Å². The topological polar surface area (TPSA) is 94.5 Å². The molecule has 0 spiro atoms. The molecule has 7 heteroatoms. The van der Waals surface area contributed by atoms with Crippen LogP contribution in [0.25, 0.3) is 0 Å². The SMILES string of the molecule is COc1ccc(C2CCCN(C(=O)NC(CC(C)C)C(=O)NCC#N)C2)cc1. The zero-order valence-electron chi connectivity index (χ0n) is 16.9. The Labute approximate surface area is 167 Å². The predicted octanol–water partition coefficient (Wildman–Crippen LogP) is 2.64. The maximum atomic E-state index is 12.8. The Hall–Kier alpha value is -2.75. The number of nitrogens with one attached hydrogen (secondary N) is 2. The number of carbonyl (C=O) groups is 2. The molecule has 1 saturated heterocycles. The van der Waals surface area contributed by atoms with Gasteiger partial charge in [0.2, 0.25) is 5.91 Å². The van der Waals surface area contributed by atoms with Gasteiger partial charge in [-0.05, 0) is 42.9 Å². The van der Waals surface area contributed by atoms with Gasteiger partial charge in [-0.2, -0.15) is 5.26 Å². The molecule has 1 aromatic carbocycles. The van der Waals surface area contributed by atoms with E-state index in [2.05, 4.69) is 10.6 Å². The fourth-order valence-electron chi connectivity index (χ4n) is 3.50. The highest BCUT2D eigenvalue weighted by Gasteiger charge is 2.28. The van der Waals surface area contributed by atoms with E-state index in [9.17, 15) is 9.59 Å². The molecule has 2 atom stereocenters. The van der Waals surface area contributed by atoms with Crippen LogP contribution in [0.15, 0.2) is 24.3 Å². The molecule has 152 valence electrons. The first kappa shape index (κ1) is 21.5. The third kappa shape index (κ3) is 6.15. The fourth-order valence-corrected chi connectivity index (χ4v) is 3.50. The largest absolute Gasteiger partial charge is 0.497 e. The Morgan fingerprint density at radius 3 is 2.64 bits per heavy atom. The number of hydrogen-bond acceptors (Lipinski definition) is 4. The first-order valence-electron chi connectivity index (χ1n) is 9.78. The monoisotopic (exact) mass is 386 g/mol. The first-order chi connectivity index (χ1) is 13.4. The Morgan fingerprint density at radius 2 is 2.04 bits per heavy atom. The van der Waals surface area contributed by atoms with Crippen molar-refractivity contribution in [1.29, 1.82) is 5.26 Å². The molecule has 2 N–H and O–H groups in total. The van der Waals surface area contributed by atoms with E-state index >= 15 is 0 Å². The Morgan fingerprint density at radius 1 is 1.32 bits per heavy atom. The maximum absolute atomic E-state index is 12.8. The number of hydrogen-bond donors (Lipinski definition) is 2. The molecule has 2 rings (SSSR count). The number of ether oxygens (including phenoxy) is 1. The third-order valence-electron chi connectivity index (χ3n) is 4.96. The predicted molar refractivity (Wildman–Crippen MR) is 107 cm³/mol. The normalized spacial score (nSPS) is 17.5. The number of piperidine rings is 1. The smallest absolute Gasteiger partial charge is 0.318 e. The number of benzene rings is 1. The zero-order chi connectivity index (χ0) is 20.5. The van der Waals surface area contributed by atoms with Gasteiger partial charge >= 0.3 is 6.03 Å². The standard InChI is InChI=1S/C21H30N4O3/c1-15(2)13-19(20(26)23-11-10-22)24-21(27)25-12-4-5-17(14-25)16-6-8-18(28-3)9-7-16/h6-9,15,17,19H,4-5,11-14H2,1-3H3,(H,23,26)(H,24,27). The second-order valence-electron chi connectivity index (χ2n) is 7.57. The van der Waals surface area contributed by atoms with Gasteiger partial charge in [0.25, 0.3) is 0 Å². The van der Waals surface area contributed by atoms with Crippen LogP contribution < -0.4 is 15.4 Å². The lowest BCUT2D eigenvalue weighted by Crippen LogP contribution is -2.53. The maximum Gasteiger partial charge on any atom is 0.318 e. The molecule has 1 aliphatic rings. The Balaban J connectivity index is 2.00. The van der Waals surface area contributed by atoms with Gasteiger partial charge in [0.15, 0.2) is 0 Å². The molecule has 3 amide bonds. The molecule has 7 nitrogen and oxygen atoms in total. The van der Waals surface area contributed by atoms with Crippen molar-refractivity contribution in [3.8, 4) is 11.8 Å². The highest BCUT2D eigenvalue weighted by atomic mass is 16.5. The lowest BCUT2D eigenvalue weighted by atomic mass is 9.91. The quantitative estimate of drug-likeness (QED) is 0.705. The van der Waals surface area contributed by atoms with Crippen LogP contribution in [-0.4, -0.2) is 49.6 Å². The van der Waals surface area contributed by atoms with E-state index in [1.165, 1.54) is 5.56 Å². The van der Waals surface area contributed by atoms with Crippen molar-refractivity contribution in [1.82, 2.24) is 15.5 Å². The molecule has 2 unspecified atom stereocenters. The summed E-state index contributed by atoms with van der Waals surface area (Å²) in [6, 6.07) is 8.99. The van der Waals surface area contributed by atoms with Crippen molar-refractivity contribution in [3.05, 3.63) is 29.8 Å². The van der Waals surface area contributed by atoms with Crippen LogP contribution in [0.1, 0.15) is 44.6 Å². The van der Waals surface area contributed by atoms with Crippen LogP contribution in [0, 0.1) is 17.2 Å². The number of carbonyl (C=O) groups excluding carboxylic acids is 2. The summed E-state index contributed by atoms with van der Waals surface area (Å²) in [7, 11) is 1.64. The lowest BCUT2D eigenvalue weighted by Gasteiger charge is -2.34. The van der Waals surface area contributed by atoms with E-state index in [1.807, 2.05) is 44.2 Å². The molecule has 28 heavy (non-hydrogen) atoms. The van der Waals surface area contributed by atoms with E-state index in [1.54, 1.807) is 12.0 Å². The van der Waals surface area contributed by atoms with Gasteiger partial charge in [0.05, 0.1) is 13.2 Å². The summed E-state index contributed by atoms with van der Waals surface area (Å²) in [5, 5.41) is 14.1. The van der Waals surface area contributed by atoms with E-state index in [-0.39, 0.29) is 30.3 Å². The minimum Gasteiger partial charge on any atom is -0.497 e. The van der Waals surface area contributed by atoms with Crippen LogP contribution in [0.3, 0.4) is 0 Å². The Bertz CT molecular complexity index is 697. The van der Waals surface area contributed by atoms with Crippen molar-refractivity contribution in [2.75, 3.05) is 26.7 Å². The van der Waals surface area contributed by atoms with Crippen molar-refractivity contribution in [2.45, 2.75) is 45.1 Å². The van der Waals surface area contributed by atoms with E-state index in [4.69, 9.17) is 10.00 Å². The van der Waals surface area contributed by atoms with E-state index in [0.29, 0.717) is 19.5 Å². The van der Waals surface area contributed by atoms with Crippen LogP contribution in [0.4, 0.5) is 4.79 Å². The van der Waals surface area contributed by atoms with Crippen LogP contribution in [-0.2, 0) is 4.79 Å². The summed E-state index contributed by atoms with van der Waals surface area (Å²) in [5.41, 5.74) is 1.18. The highest BCUT2D eigenvalue weighted by Crippen LogP contribution is 2.28. The molecule has 1 aliphatic heterocycles. The highest BCUT2D eigenvalue weighted by molar-refractivity contribution is 5.87. The number of nitrogens with zero attached hydrogens (tertiary/aromatic N) is 2. The first-order valence-corrected chi connectivity index (χ1v) is 9.78. The molecule has 0 bridgehead atoms. The van der Waals surface area contributed by atoms with Gasteiger partial charge in [-0.3, -0.25) is 4.79 Å². The second kappa shape index (κ2) is 10.5. The molecular formula is C21H30N4O3. The summed E-state index contributed by atoms with van der Waals surface area (Å²) in [6.45, 7) is 5.22. The number of urea groups is 1. The number of likely N-dealkylation sites (tertiary alicyclic amines) is 1. The van der Waals surface area contributed by atoms with Crippen LogP contribution >= 0.6 is 0 Å². The molecule has 0 aromatic heterocycles. The van der Waals surface area contributed by atoms with Crippen molar-refractivity contribution < 1.29 is 14.3 Å². The van der Waals surface area contributed by atoms with Gasteiger partial charge < -0.3 is 20.3 Å². The lowest BCUT2D eigenvalue weighted by molar-refractivity contribution is -0.123. The average molecular weight is 386 g/mol. The van der Waals surface area contributed by atoms with Gasteiger partial charge in [-0.15, -0.1) is 0 Å². The minimum atomic E-state index is -0.637. The van der Waals surface area contributed by atoms with E-state index < -0.39 is 6.04 Å². The van der Waals surface area contributed by atoms with Gasteiger partial charge in [-0.25, -0.2) is 4.79 Å². The second-order valence-corrected chi connectivity index (χ2v) is 7.57. The summed E-state index contributed by atoms with van der Waals surface area (Å²) in [4.78, 5) is 26.9. The minimum absolute atomic E-state index is 0.0629. The molecule has 1 heterocycles. The van der Waals surface area contributed by atoms with E-state index in [0.717, 1.165) is 18.6 Å². The summed E-state index contributed by atoms with van der Waals surface area (Å²) >= 11 is 0. The molecule has 1 aromatic rings. The van der Waals surface area contributed by atoms with Gasteiger partial charge in [0, 0.05) is 19.0 Å².